The van der Waals surface area contributed by atoms with Crippen molar-refractivity contribution in [3.05, 3.63) is 71.8 Å². The van der Waals surface area contributed by atoms with Gasteiger partial charge < -0.3 is 5.32 Å². The van der Waals surface area contributed by atoms with Crippen molar-refractivity contribution in [1.82, 2.24) is 5.32 Å². The van der Waals surface area contributed by atoms with Crippen LogP contribution in [0.25, 0.3) is 0 Å². The largest absolute Gasteiger partial charge is 0.302 e. The first-order valence-electron chi connectivity index (χ1n) is 7.48. The highest BCUT2D eigenvalue weighted by Gasteiger charge is 2.43. The molecule has 0 saturated carbocycles. The zero-order chi connectivity index (χ0) is 14.9. The van der Waals surface area contributed by atoms with Gasteiger partial charge in [0.1, 0.15) is 5.78 Å². The van der Waals surface area contributed by atoms with Gasteiger partial charge in [-0.1, -0.05) is 74.5 Å². The molecule has 108 valence electrons. The SMILES string of the molecule is CC1(C)C(=O)C[C@H](c2ccccc2)N[C@@H]1c1ccccc1. The first-order chi connectivity index (χ1) is 10.1. The normalized spacial score (nSPS) is 24.8. The van der Waals surface area contributed by atoms with Crippen LogP contribution >= 0.6 is 0 Å². The van der Waals surface area contributed by atoms with Crippen LogP contribution in [-0.2, 0) is 4.79 Å². The summed E-state index contributed by atoms with van der Waals surface area (Å²) in [5.41, 5.74) is 1.98. The summed E-state index contributed by atoms with van der Waals surface area (Å²) >= 11 is 0. The summed E-state index contributed by atoms with van der Waals surface area (Å²) < 4.78 is 0. The predicted molar refractivity (Wildman–Crippen MR) is 84.9 cm³/mol. The van der Waals surface area contributed by atoms with Crippen molar-refractivity contribution in [1.29, 1.82) is 0 Å². The Balaban J connectivity index is 1.95. The van der Waals surface area contributed by atoms with Crippen LogP contribution < -0.4 is 5.32 Å². The summed E-state index contributed by atoms with van der Waals surface area (Å²) in [5.74, 6) is 0.323. The molecule has 0 unspecified atom stereocenters. The molecule has 0 spiro atoms. The maximum Gasteiger partial charge on any atom is 0.142 e. The van der Waals surface area contributed by atoms with E-state index >= 15 is 0 Å². The van der Waals surface area contributed by atoms with Gasteiger partial charge in [-0.05, 0) is 11.1 Å². The van der Waals surface area contributed by atoms with E-state index in [1.54, 1.807) is 0 Å². The molecule has 3 rings (SSSR count). The smallest absolute Gasteiger partial charge is 0.142 e. The van der Waals surface area contributed by atoms with Crippen LogP contribution in [0.15, 0.2) is 60.7 Å². The molecule has 2 atom stereocenters. The highest BCUT2D eigenvalue weighted by Crippen LogP contribution is 2.42. The van der Waals surface area contributed by atoms with E-state index in [1.165, 1.54) is 11.1 Å². The summed E-state index contributed by atoms with van der Waals surface area (Å²) in [6.07, 6.45) is 0.556. The summed E-state index contributed by atoms with van der Waals surface area (Å²) in [5, 5.41) is 3.69. The Morgan fingerprint density at radius 1 is 0.905 bits per heavy atom. The standard InChI is InChI=1S/C19H21NO/c1-19(2)17(21)13-16(14-9-5-3-6-10-14)20-18(19)15-11-7-4-8-12-15/h3-12,16,18,20H,13H2,1-2H3/t16-,18-/m1/s1. The maximum absolute atomic E-state index is 12.6. The Morgan fingerprint density at radius 2 is 1.43 bits per heavy atom. The second-order valence-electron chi connectivity index (χ2n) is 6.32. The molecular weight excluding hydrogens is 258 g/mol. The molecule has 0 amide bonds. The summed E-state index contributed by atoms with van der Waals surface area (Å²) in [7, 11) is 0. The zero-order valence-electron chi connectivity index (χ0n) is 12.5. The fraction of sp³-hybridized carbons (Fsp3) is 0.316. The van der Waals surface area contributed by atoms with Crippen LogP contribution in [0.5, 0.6) is 0 Å². The monoisotopic (exact) mass is 279 g/mol. The second kappa shape index (κ2) is 5.45. The predicted octanol–water partition coefficient (Wildman–Crippen LogP) is 4.06. The van der Waals surface area contributed by atoms with E-state index in [0.29, 0.717) is 12.2 Å². The summed E-state index contributed by atoms with van der Waals surface area (Å²) in [4.78, 5) is 12.6. The molecule has 0 radical (unpaired) electrons. The van der Waals surface area contributed by atoms with Gasteiger partial charge in [0.25, 0.3) is 0 Å². The van der Waals surface area contributed by atoms with Crippen molar-refractivity contribution >= 4 is 5.78 Å². The molecule has 2 nitrogen and oxygen atoms in total. The van der Waals surface area contributed by atoms with Gasteiger partial charge in [-0.3, -0.25) is 4.79 Å². The topological polar surface area (TPSA) is 29.1 Å². The Kier molecular flexibility index (Phi) is 3.64. The average molecular weight is 279 g/mol. The minimum absolute atomic E-state index is 0.0464. The van der Waals surface area contributed by atoms with Crippen LogP contribution in [0.3, 0.4) is 0 Å². The van der Waals surface area contributed by atoms with Crippen molar-refractivity contribution in [2.75, 3.05) is 0 Å². The Hall–Kier alpha value is -1.93. The molecule has 1 aliphatic heterocycles. The van der Waals surface area contributed by atoms with Crippen LogP contribution in [0.1, 0.15) is 43.5 Å². The molecular formula is C19H21NO. The van der Waals surface area contributed by atoms with Crippen molar-refractivity contribution in [2.24, 2.45) is 5.41 Å². The van der Waals surface area contributed by atoms with Crippen LogP contribution in [0, 0.1) is 5.41 Å². The molecule has 0 aromatic heterocycles. The lowest BCUT2D eigenvalue weighted by Crippen LogP contribution is -2.47. The molecule has 1 heterocycles. The maximum atomic E-state index is 12.6. The summed E-state index contributed by atoms with van der Waals surface area (Å²) in [6, 6.07) is 20.6. The lowest BCUT2D eigenvalue weighted by molar-refractivity contribution is -0.132. The van der Waals surface area contributed by atoms with Crippen molar-refractivity contribution in [3.63, 3.8) is 0 Å². The molecule has 0 aliphatic carbocycles. The van der Waals surface area contributed by atoms with Crippen LogP contribution in [0.4, 0.5) is 0 Å². The number of carbonyl (C=O) groups is 1. The number of ketones is 1. The van der Waals surface area contributed by atoms with Crippen molar-refractivity contribution < 1.29 is 4.79 Å². The average Bonchev–Trinajstić information content (AvgIpc) is 2.51. The van der Waals surface area contributed by atoms with Gasteiger partial charge in [0.15, 0.2) is 0 Å². The molecule has 1 saturated heterocycles. The first-order valence-corrected chi connectivity index (χ1v) is 7.48. The Labute approximate surface area is 126 Å². The van der Waals surface area contributed by atoms with Gasteiger partial charge in [0, 0.05) is 23.9 Å². The number of rotatable bonds is 2. The highest BCUT2D eigenvalue weighted by molar-refractivity contribution is 5.86. The molecule has 1 N–H and O–H groups in total. The zero-order valence-corrected chi connectivity index (χ0v) is 12.5. The van der Waals surface area contributed by atoms with E-state index in [0.717, 1.165) is 0 Å². The molecule has 1 fully saturated rings. The molecule has 2 heteroatoms. The molecule has 2 aromatic carbocycles. The molecule has 21 heavy (non-hydrogen) atoms. The molecule has 1 aliphatic rings. The number of Topliss-reactive ketones (excluding diaryl/α,β-unsaturated/α-hetero) is 1. The fourth-order valence-electron chi connectivity index (χ4n) is 3.14. The van der Waals surface area contributed by atoms with E-state index in [4.69, 9.17) is 0 Å². The van der Waals surface area contributed by atoms with E-state index in [-0.39, 0.29) is 17.5 Å². The third kappa shape index (κ3) is 2.64. The van der Waals surface area contributed by atoms with Gasteiger partial charge in [-0.2, -0.15) is 0 Å². The number of piperidine rings is 1. The first kappa shape index (κ1) is 14.0. The lowest BCUT2D eigenvalue weighted by Gasteiger charge is -2.42. The molecule has 0 bridgehead atoms. The second-order valence-corrected chi connectivity index (χ2v) is 6.32. The fourth-order valence-corrected chi connectivity index (χ4v) is 3.14. The third-order valence-electron chi connectivity index (χ3n) is 4.53. The van der Waals surface area contributed by atoms with Crippen LogP contribution in [0.2, 0.25) is 0 Å². The van der Waals surface area contributed by atoms with Gasteiger partial charge in [0.2, 0.25) is 0 Å². The van der Waals surface area contributed by atoms with Gasteiger partial charge in [-0.25, -0.2) is 0 Å². The van der Waals surface area contributed by atoms with E-state index in [2.05, 4.69) is 29.6 Å². The van der Waals surface area contributed by atoms with E-state index in [9.17, 15) is 4.79 Å². The highest BCUT2D eigenvalue weighted by atomic mass is 16.1. The summed E-state index contributed by atoms with van der Waals surface area (Å²) in [6.45, 7) is 4.09. The van der Waals surface area contributed by atoms with E-state index < -0.39 is 0 Å². The van der Waals surface area contributed by atoms with Gasteiger partial charge in [-0.15, -0.1) is 0 Å². The number of hydrogen-bond acceptors (Lipinski definition) is 2. The lowest BCUT2D eigenvalue weighted by atomic mass is 9.71. The number of benzene rings is 2. The quantitative estimate of drug-likeness (QED) is 0.898. The number of nitrogens with one attached hydrogen (secondary N) is 1. The van der Waals surface area contributed by atoms with E-state index in [1.807, 2.05) is 50.2 Å². The Morgan fingerprint density at radius 3 is 2.00 bits per heavy atom. The Bertz CT molecular complexity index is 619. The number of hydrogen-bond donors (Lipinski definition) is 1. The minimum atomic E-state index is -0.382. The third-order valence-corrected chi connectivity index (χ3v) is 4.53. The van der Waals surface area contributed by atoms with Crippen molar-refractivity contribution in [2.45, 2.75) is 32.4 Å². The number of carbonyl (C=O) groups excluding carboxylic acids is 1. The van der Waals surface area contributed by atoms with Crippen molar-refractivity contribution in [3.8, 4) is 0 Å². The van der Waals surface area contributed by atoms with Gasteiger partial charge in [0.05, 0.1) is 0 Å². The molecule has 2 aromatic rings. The van der Waals surface area contributed by atoms with Gasteiger partial charge >= 0.3 is 0 Å². The minimum Gasteiger partial charge on any atom is -0.302 e. The van der Waals surface area contributed by atoms with Crippen LogP contribution in [-0.4, -0.2) is 5.78 Å².